The van der Waals surface area contributed by atoms with E-state index < -0.39 is 12.0 Å². The van der Waals surface area contributed by atoms with Crippen LogP contribution in [0.1, 0.15) is 31.4 Å². The maximum atomic E-state index is 12.2. The van der Waals surface area contributed by atoms with Crippen LogP contribution in [0.25, 0.3) is 11.3 Å². The van der Waals surface area contributed by atoms with Gasteiger partial charge in [0.25, 0.3) is 0 Å². The van der Waals surface area contributed by atoms with Crippen LogP contribution in [-0.4, -0.2) is 35.3 Å². The minimum Gasteiger partial charge on any atom is -0.465 e. The van der Waals surface area contributed by atoms with Crippen LogP contribution in [0.15, 0.2) is 24.3 Å². The van der Waals surface area contributed by atoms with Gasteiger partial charge in [0.2, 0.25) is 0 Å². The number of aromatic nitrogens is 2. The number of nitrogens with zero attached hydrogens (tertiary/aromatic N) is 1. The van der Waals surface area contributed by atoms with E-state index in [1.807, 2.05) is 12.1 Å². The van der Waals surface area contributed by atoms with Crippen molar-refractivity contribution in [1.82, 2.24) is 15.5 Å². The SMILES string of the molecule is CCOC(=O)CNC(=O)Nc1c(-c2ccc(Cl)cc2)n[nH]c1C1CC1. The van der Waals surface area contributed by atoms with Gasteiger partial charge < -0.3 is 15.4 Å². The second kappa shape index (κ2) is 7.57. The van der Waals surface area contributed by atoms with Crippen molar-refractivity contribution in [3.05, 3.63) is 35.0 Å². The Balaban J connectivity index is 1.77. The Bertz CT molecular complexity index is 769. The normalized spacial score (nSPS) is 13.4. The number of carbonyl (C=O) groups excluding carboxylic acids is 2. The number of urea groups is 1. The number of hydrogen-bond acceptors (Lipinski definition) is 4. The highest BCUT2D eigenvalue weighted by Gasteiger charge is 2.31. The van der Waals surface area contributed by atoms with Gasteiger partial charge in [0, 0.05) is 16.5 Å². The zero-order valence-corrected chi connectivity index (χ0v) is 14.5. The van der Waals surface area contributed by atoms with Crippen molar-refractivity contribution in [3.8, 4) is 11.3 Å². The molecule has 1 aromatic heterocycles. The van der Waals surface area contributed by atoms with Gasteiger partial charge in [-0.05, 0) is 31.9 Å². The average molecular weight is 363 g/mol. The summed E-state index contributed by atoms with van der Waals surface area (Å²) >= 11 is 5.93. The summed E-state index contributed by atoms with van der Waals surface area (Å²) in [4.78, 5) is 23.5. The number of rotatable bonds is 6. The van der Waals surface area contributed by atoms with Gasteiger partial charge in [-0.3, -0.25) is 9.89 Å². The number of anilines is 1. The third-order valence-corrected chi connectivity index (χ3v) is 4.09. The van der Waals surface area contributed by atoms with Crippen LogP contribution in [0, 0.1) is 0 Å². The summed E-state index contributed by atoms with van der Waals surface area (Å²) in [7, 11) is 0. The molecule has 3 rings (SSSR count). The molecule has 1 saturated carbocycles. The molecule has 0 spiro atoms. The van der Waals surface area contributed by atoms with E-state index in [4.69, 9.17) is 16.3 Å². The second-order valence-electron chi connectivity index (χ2n) is 5.75. The van der Waals surface area contributed by atoms with Crippen LogP contribution in [0.2, 0.25) is 5.02 Å². The second-order valence-corrected chi connectivity index (χ2v) is 6.19. The quantitative estimate of drug-likeness (QED) is 0.687. The van der Waals surface area contributed by atoms with Gasteiger partial charge in [-0.25, -0.2) is 4.79 Å². The number of carbonyl (C=O) groups is 2. The molecule has 0 aliphatic heterocycles. The summed E-state index contributed by atoms with van der Waals surface area (Å²) in [6, 6.07) is 6.75. The van der Waals surface area contributed by atoms with Gasteiger partial charge in [-0.15, -0.1) is 0 Å². The number of ether oxygens (including phenoxy) is 1. The summed E-state index contributed by atoms with van der Waals surface area (Å²) in [5.74, 6) is -0.112. The molecule has 1 heterocycles. The van der Waals surface area contributed by atoms with E-state index in [1.165, 1.54) is 0 Å². The molecular formula is C17H19ClN4O3. The molecule has 0 unspecified atom stereocenters. The first-order chi connectivity index (χ1) is 12.1. The first-order valence-electron chi connectivity index (χ1n) is 8.13. The highest BCUT2D eigenvalue weighted by molar-refractivity contribution is 6.30. The lowest BCUT2D eigenvalue weighted by atomic mass is 10.1. The van der Waals surface area contributed by atoms with Gasteiger partial charge in [0.15, 0.2) is 0 Å². The smallest absolute Gasteiger partial charge is 0.325 e. The average Bonchev–Trinajstić information content (AvgIpc) is 3.36. The number of esters is 1. The summed E-state index contributed by atoms with van der Waals surface area (Å²) < 4.78 is 4.79. The highest BCUT2D eigenvalue weighted by atomic mass is 35.5. The third kappa shape index (κ3) is 4.30. The van der Waals surface area contributed by atoms with Crippen molar-refractivity contribution in [2.45, 2.75) is 25.7 Å². The predicted molar refractivity (Wildman–Crippen MR) is 94.7 cm³/mol. The van der Waals surface area contributed by atoms with Gasteiger partial charge >= 0.3 is 12.0 Å². The monoisotopic (exact) mass is 362 g/mol. The number of benzene rings is 1. The predicted octanol–water partition coefficient (Wildman–Crippen LogP) is 3.29. The number of halogens is 1. The van der Waals surface area contributed by atoms with Gasteiger partial charge in [0.1, 0.15) is 12.2 Å². The molecule has 7 nitrogen and oxygen atoms in total. The van der Waals surface area contributed by atoms with Crippen molar-refractivity contribution >= 4 is 29.3 Å². The number of hydrogen-bond donors (Lipinski definition) is 3. The summed E-state index contributed by atoms with van der Waals surface area (Å²) in [6.07, 6.45) is 2.11. The Labute approximate surface area is 150 Å². The number of aromatic amines is 1. The van der Waals surface area contributed by atoms with Crippen LogP contribution in [0.4, 0.5) is 10.5 Å². The van der Waals surface area contributed by atoms with E-state index in [-0.39, 0.29) is 13.2 Å². The van der Waals surface area contributed by atoms with Gasteiger partial charge in [-0.1, -0.05) is 23.7 Å². The molecule has 0 bridgehead atoms. The first-order valence-corrected chi connectivity index (χ1v) is 8.51. The van der Waals surface area contributed by atoms with Crippen molar-refractivity contribution in [2.24, 2.45) is 0 Å². The number of nitrogens with one attached hydrogen (secondary N) is 3. The fourth-order valence-electron chi connectivity index (χ4n) is 2.49. The van der Waals surface area contributed by atoms with Crippen LogP contribution in [-0.2, 0) is 9.53 Å². The van der Waals surface area contributed by atoms with E-state index >= 15 is 0 Å². The van der Waals surface area contributed by atoms with E-state index in [0.29, 0.717) is 22.3 Å². The molecule has 0 atom stereocenters. The van der Waals surface area contributed by atoms with Gasteiger partial charge in [-0.2, -0.15) is 5.10 Å². The van der Waals surface area contributed by atoms with Crippen LogP contribution in [0.5, 0.6) is 0 Å². The lowest BCUT2D eigenvalue weighted by Crippen LogP contribution is -2.34. The van der Waals surface area contributed by atoms with E-state index in [2.05, 4.69) is 20.8 Å². The molecule has 1 fully saturated rings. The van der Waals surface area contributed by atoms with Crippen LogP contribution < -0.4 is 10.6 Å². The van der Waals surface area contributed by atoms with E-state index in [0.717, 1.165) is 24.1 Å². The fourth-order valence-corrected chi connectivity index (χ4v) is 2.61. The maximum absolute atomic E-state index is 12.2. The molecule has 8 heteroatoms. The Morgan fingerprint density at radius 1 is 1.32 bits per heavy atom. The summed E-state index contributed by atoms with van der Waals surface area (Å²) in [6.45, 7) is 1.80. The standard InChI is InChI=1S/C17H19ClN4O3/c1-2-25-13(23)9-19-17(24)20-16-14(10-3-4-10)21-22-15(16)11-5-7-12(18)8-6-11/h5-8,10H,2-4,9H2,1H3,(H,21,22)(H2,19,20,24). The molecule has 25 heavy (non-hydrogen) atoms. The minimum absolute atomic E-state index is 0.188. The molecule has 0 radical (unpaired) electrons. The first kappa shape index (κ1) is 17.3. The third-order valence-electron chi connectivity index (χ3n) is 3.83. The largest absolute Gasteiger partial charge is 0.465 e. The molecule has 1 aliphatic carbocycles. The Morgan fingerprint density at radius 3 is 2.68 bits per heavy atom. The lowest BCUT2D eigenvalue weighted by molar-refractivity contribution is -0.141. The molecule has 3 N–H and O–H groups in total. The fraction of sp³-hybridized carbons (Fsp3) is 0.353. The van der Waals surface area contributed by atoms with E-state index in [1.54, 1.807) is 19.1 Å². The molecule has 0 saturated heterocycles. The zero-order valence-electron chi connectivity index (χ0n) is 13.8. The zero-order chi connectivity index (χ0) is 17.8. The van der Waals surface area contributed by atoms with Gasteiger partial charge in [0.05, 0.1) is 18.0 Å². The Kier molecular flexibility index (Phi) is 5.23. The molecule has 132 valence electrons. The minimum atomic E-state index is -0.481. The van der Waals surface area contributed by atoms with Crippen molar-refractivity contribution in [1.29, 1.82) is 0 Å². The molecular weight excluding hydrogens is 344 g/mol. The van der Waals surface area contributed by atoms with Crippen LogP contribution >= 0.6 is 11.6 Å². The number of H-pyrrole nitrogens is 1. The summed E-state index contributed by atoms with van der Waals surface area (Å²) in [5.41, 5.74) is 3.01. The maximum Gasteiger partial charge on any atom is 0.325 e. The molecule has 2 amide bonds. The molecule has 1 aromatic carbocycles. The van der Waals surface area contributed by atoms with E-state index in [9.17, 15) is 9.59 Å². The van der Waals surface area contributed by atoms with Crippen molar-refractivity contribution in [2.75, 3.05) is 18.5 Å². The Morgan fingerprint density at radius 2 is 2.04 bits per heavy atom. The lowest BCUT2D eigenvalue weighted by Gasteiger charge is -2.09. The Hall–Kier alpha value is -2.54. The molecule has 1 aliphatic rings. The highest BCUT2D eigenvalue weighted by Crippen LogP contribution is 2.45. The van der Waals surface area contributed by atoms with Crippen LogP contribution in [0.3, 0.4) is 0 Å². The van der Waals surface area contributed by atoms with Crippen molar-refractivity contribution in [3.63, 3.8) is 0 Å². The number of amides is 2. The van der Waals surface area contributed by atoms with Crippen molar-refractivity contribution < 1.29 is 14.3 Å². The molecule has 2 aromatic rings. The topological polar surface area (TPSA) is 96.1 Å². The summed E-state index contributed by atoms with van der Waals surface area (Å²) in [5, 5.41) is 13.3.